The Balaban J connectivity index is 2.70. The molecule has 0 unspecified atom stereocenters. The van der Waals surface area contributed by atoms with Crippen LogP contribution in [0.1, 0.15) is 30.8 Å². The third-order valence-corrected chi connectivity index (χ3v) is 2.78. The van der Waals surface area contributed by atoms with Crippen molar-refractivity contribution < 1.29 is 19.0 Å². The Hall–Kier alpha value is -1.82. The minimum atomic E-state index is -0.526. The first-order valence-corrected chi connectivity index (χ1v) is 5.92. The van der Waals surface area contributed by atoms with Crippen molar-refractivity contribution in [3.63, 3.8) is 0 Å². The van der Waals surface area contributed by atoms with Gasteiger partial charge in [0.05, 0.1) is 25.0 Å². The number of aromatic nitrogens is 1. The van der Waals surface area contributed by atoms with Crippen LogP contribution >= 0.6 is 0 Å². The van der Waals surface area contributed by atoms with E-state index in [4.69, 9.17) is 15.2 Å². The monoisotopic (exact) mass is 268 g/mol. The molecule has 0 amide bonds. The number of rotatable bonds is 6. The van der Waals surface area contributed by atoms with E-state index in [0.717, 1.165) is 0 Å². The Labute approximate surface area is 112 Å². The predicted octanol–water partition coefficient (Wildman–Crippen LogP) is 1.64. The van der Waals surface area contributed by atoms with Crippen LogP contribution in [0.4, 0.5) is 5.69 Å². The second-order valence-corrected chi connectivity index (χ2v) is 4.64. The first kappa shape index (κ1) is 15.2. The quantitative estimate of drug-likeness (QED) is 0.790. The van der Waals surface area contributed by atoms with Crippen molar-refractivity contribution >= 4 is 11.7 Å². The van der Waals surface area contributed by atoms with Crippen LogP contribution in [0.25, 0.3) is 0 Å². The smallest absolute Gasteiger partial charge is 0.356 e. The highest BCUT2D eigenvalue weighted by Crippen LogP contribution is 2.20. The first-order chi connectivity index (χ1) is 8.89. The van der Waals surface area contributed by atoms with Crippen molar-refractivity contribution in [3.8, 4) is 5.88 Å². The standard InChI is InChI=1S/C13H20N2O4/c1-13(2,18-4)7-8-19-11-9(14)5-6-10(15-11)12(16)17-3/h5-6H,7-8,14H2,1-4H3. The lowest BCUT2D eigenvalue weighted by Gasteiger charge is -2.22. The van der Waals surface area contributed by atoms with E-state index in [9.17, 15) is 4.79 Å². The van der Waals surface area contributed by atoms with E-state index in [1.807, 2.05) is 13.8 Å². The van der Waals surface area contributed by atoms with Gasteiger partial charge < -0.3 is 19.9 Å². The van der Waals surface area contributed by atoms with Gasteiger partial charge in [-0.05, 0) is 26.0 Å². The van der Waals surface area contributed by atoms with Gasteiger partial charge in [-0.1, -0.05) is 0 Å². The van der Waals surface area contributed by atoms with Gasteiger partial charge in [-0.25, -0.2) is 9.78 Å². The lowest BCUT2D eigenvalue weighted by Crippen LogP contribution is -2.25. The number of esters is 1. The molecule has 1 heterocycles. The van der Waals surface area contributed by atoms with Crippen molar-refractivity contribution in [2.24, 2.45) is 0 Å². The van der Waals surface area contributed by atoms with Gasteiger partial charge in [0.25, 0.3) is 0 Å². The zero-order chi connectivity index (χ0) is 14.5. The number of nitrogen functional groups attached to an aromatic ring is 1. The van der Waals surface area contributed by atoms with Crippen LogP contribution < -0.4 is 10.5 Å². The topological polar surface area (TPSA) is 83.7 Å². The van der Waals surface area contributed by atoms with Crippen molar-refractivity contribution in [1.29, 1.82) is 0 Å². The number of hydrogen-bond donors (Lipinski definition) is 1. The van der Waals surface area contributed by atoms with Crippen LogP contribution in [0, 0.1) is 0 Å². The molecule has 106 valence electrons. The van der Waals surface area contributed by atoms with Crippen LogP contribution in [0.3, 0.4) is 0 Å². The average molecular weight is 268 g/mol. The van der Waals surface area contributed by atoms with Crippen LogP contribution in [0.2, 0.25) is 0 Å². The number of pyridine rings is 1. The lowest BCUT2D eigenvalue weighted by molar-refractivity contribution is 0.00509. The number of nitrogens with zero attached hydrogens (tertiary/aromatic N) is 1. The summed E-state index contributed by atoms with van der Waals surface area (Å²) in [5, 5.41) is 0. The minimum absolute atomic E-state index is 0.165. The Kier molecular flexibility index (Phi) is 5.11. The number of carbonyl (C=O) groups is 1. The molecule has 6 nitrogen and oxygen atoms in total. The van der Waals surface area contributed by atoms with Gasteiger partial charge in [-0.2, -0.15) is 0 Å². The third-order valence-electron chi connectivity index (χ3n) is 2.78. The Morgan fingerprint density at radius 2 is 2.05 bits per heavy atom. The Morgan fingerprint density at radius 3 is 2.63 bits per heavy atom. The van der Waals surface area contributed by atoms with Crippen LogP contribution in [-0.4, -0.2) is 37.4 Å². The zero-order valence-corrected chi connectivity index (χ0v) is 11.7. The van der Waals surface area contributed by atoms with Gasteiger partial charge in [-0.15, -0.1) is 0 Å². The molecule has 6 heteroatoms. The molecule has 1 aromatic heterocycles. The van der Waals surface area contributed by atoms with E-state index >= 15 is 0 Å². The minimum Gasteiger partial charge on any atom is -0.476 e. The summed E-state index contributed by atoms with van der Waals surface area (Å²) in [5.74, 6) is -0.295. The van der Waals surface area contributed by atoms with Crippen LogP contribution in [0.15, 0.2) is 12.1 Å². The van der Waals surface area contributed by atoms with Gasteiger partial charge in [0.15, 0.2) is 5.69 Å². The van der Waals surface area contributed by atoms with E-state index < -0.39 is 5.97 Å². The van der Waals surface area contributed by atoms with Crippen LogP contribution in [-0.2, 0) is 9.47 Å². The van der Waals surface area contributed by atoms with Gasteiger partial charge in [0.1, 0.15) is 0 Å². The number of hydrogen-bond acceptors (Lipinski definition) is 6. The molecule has 0 spiro atoms. The fourth-order valence-electron chi connectivity index (χ4n) is 1.28. The number of ether oxygens (including phenoxy) is 3. The average Bonchev–Trinajstić information content (AvgIpc) is 2.40. The Morgan fingerprint density at radius 1 is 1.37 bits per heavy atom. The lowest BCUT2D eigenvalue weighted by atomic mass is 10.1. The summed E-state index contributed by atoms with van der Waals surface area (Å²) in [6.07, 6.45) is 0.674. The fourth-order valence-corrected chi connectivity index (χ4v) is 1.28. The predicted molar refractivity (Wildman–Crippen MR) is 71.2 cm³/mol. The zero-order valence-electron chi connectivity index (χ0n) is 11.7. The molecule has 19 heavy (non-hydrogen) atoms. The van der Waals surface area contributed by atoms with Gasteiger partial charge >= 0.3 is 5.97 Å². The van der Waals surface area contributed by atoms with Crippen LogP contribution in [0.5, 0.6) is 5.88 Å². The molecular formula is C13H20N2O4. The van der Waals surface area contributed by atoms with E-state index in [-0.39, 0.29) is 17.2 Å². The molecule has 0 aliphatic heterocycles. The molecule has 1 rings (SSSR count). The first-order valence-electron chi connectivity index (χ1n) is 5.92. The maximum Gasteiger partial charge on any atom is 0.356 e. The second kappa shape index (κ2) is 6.38. The summed E-state index contributed by atoms with van der Waals surface area (Å²) >= 11 is 0. The molecule has 0 aliphatic rings. The van der Waals surface area contributed by atoms with E-state index in [2.05, 4.69) is 9.72 Å². The van der Waals surface area contributed by atoms with Crippen molar-refractivity contribution in [3.05, 3.63) is 17.8 Å². The van der Waals surface area contributed by atoms with Crippen molar-refractivity contribution in [2.75, 3.05) is 26.6 Å². The van der Waals surface area contributed by atoms with E-state index in [1.54, 1.807) is 13.2 Å². The summed E-state index contributed by atoms with van der Waals surface area (Å²) in [6, 6.07) is 3.06. The summed E-state index contributed by atoms with van der Waals surface area (Å²) in [6.45, 7) is 4.30. The molecule has 0 aromatic carbocycles. The number of nitrogens with two attached hydrogens (primary N) is 1. The fraction of sp³-hybridized carbons (Fsp3) is 0.538. The number of anilines is 1. The maximum absolute atomic E-state index is 11.4. The molecule has 2 N–H and O–H groups in total. The molecule has 0 saturated carbocycles. The van der Waals surface area contributed by atoms with Gasteiger partial charge in [-0.3, -0.25) is 0 Å². The molecule has 0 aliphatic carbocycles. The molecule has 0 bridgehead atoms. The normalized spacial score (nSPS) is 11.2. The molecule has 0 saturated heterocycles. The Bertz CT molecular complexity index is 446. The van der Waals surface area contributed by atoms with E-state index in [1.165, 1.54) is 13.2 Å². The summed E-state index contributed by atoms with van der Waals surface area (Å²) in [5.41, 5.74) is 6.00. The molecule has 0 radical (unpaired) electrons. The molecule has 1 aromatic rings. The molecular weight excluding hydrogens is 248 g/mol. The largest absolute Gasteiger partial charge is 0.476 e. The highest BCUT2D eigenvalue weighted by molar-refractivity contribution is 5.87. The maximum atomic E-state index is 11.4. The van der Waals surface area contributed by atoms with E-state index in [0.29, 0.717) is 18.7 Å². The van der Waals surface area contributed by atoms with Crippen molar-refractivity contribution in [2.45, 2.75) is 25.9 Å². The molecule has 0 fully saturated rings. The summed E-state index contributed by atoms with van der Waals surface area (Å²) < 4.78 is 15.4. The van der Waals surface area contributed by atoms with Crippen molar-refractivity contribution in [1.82, 2.24) is 4.98 Å². The summed E-state index contributed by atoms with van der Waals surface area (Å²) in [4.78, 5) is 15.4. The SMILES string of the molecule is COC(=O)c1ccc(N)c(OCCC(C)(C)OC)n1. The number of methoxy groups -OCH3 is 2. The highest BCUT2D eigenvalue weighted by atomic mass is 16.5. The van der Waals surface area contributed by atoms with Gasteiger partial charge in [0.2, 0.25) is 5.88 Å². The highest BCUT2D eigenvalue weighted by Gasteiger charge is 2.17. The number of carbonyl (C=O) groups excluding carboxylic acids is 1. The molecule has 0 atom stereocenters. The van der Waals surface area contributed by atoms with Gasteiger partial charge in [0, 0.05) is 13.5 Å². The summed E-state index contributed by atoms with van der Waals surface area (Å²) in [7, 11) is 2.94. The second-order valence-electron chi connectivity index (χ2n) is 4.64. The third kappa shape index (κ3) is 4.40.